The molecule has 1 aromatic carbocycles. The van der Waals surface area contributed by atoms with Crippen LogP contribution in [0.25, 0.3) is 0 Å². The number of benzene rings is 1. The second-order valence-corrected chi connectivity index (χ2v) is 5.35. The summed E-state index contributed by atoms with van der Waals surface area (Å²) in [7, 11) is 0. The van der Waals surface area contributed by atoms with Crippen LogP contribution >= 0.6 is 0 Å². The summed E-state index contributed by atoms with van der Waals surface area (Å²) in [6.45, 7) is 3.68. The quantitative estimate of drug-likeness (QED) is 0.610. The van der Waals surface area contributed by atoms with Gasteiger partial charge >= 0.3 is 25.0 Å². The van der Waals surface area contributed by atoms with Gasteiger partial charge in [0.15, 0.2) is 0 Å². The van der Waals surface area contributed by atoms with Crippen molar-refractivity contribution in [3.05, 3.63) is 29.8 Å². The second-order valence-electron chi connectivity index (χ2n) is 5.35. The summed E-state index contributed by atoms with van der Waals surface area (Å²) in [5, 5.41) is 10.4. The van der Waals surface area contributed by atoms with Crippen LogP contribution < -0.4 is 28.9 Å². The first-order chi connectivity index (χ1) is 10.4. The molecule has 4 nitrogen and oxygen atoms in total. The maximum Gasteiger partial charge on any atom is 1.00 e. The molecular formula is C15H18F3LiN2O2. The molecule has 0 bridgehead atoms. The number of hydrogen-bond acceptors (Lipinski definition) is 4. The van der Waals surface area contributed by atoms with E-state index in [9.17, 15) is 23.1 Å². The number of anilines is 1. The number of nitrogens with zero attached hydrogens (tertiary/aromatic N) is 2. The number of alkyl halides is 3. The van der Waals surface area contributed by atoms with Crippen molar-refractivity contribution in [2.24, 2.45) is 0 Å². The van der Waals surface area contributed by atoms with Crippen LogP contribution in [0.3, 0.4) is 0 Å². The molecular weight excluding hydrogens is 304 g/mol. The topological polar surface area (TPSA) is 46.6 Å². The van der Waals surface area contributed by atoms with Gasteiger partial charge in [-0.2, -0.15) is 13.2 Å². The molecule has 122 valence electrons. The zero-order valence-electron chi connectivity index (χ0n) is 13.1. The van der Waals surface area contributed by atoms with Crippen LogP contribution in [0.5, 0.6) is 0 Å². The first kappa shape index (κ1) is 19.9. The van der Waals surface area contributed by atoms with Gasteiger partial charge < -0.3 is 14.8 Å². The first-order valence-electron chi connectivity index (χ1n) is 7.20. The number of carboxylic acids is 1. The SMILES string of the molecule is O=C([O-])CCCN1CCN(c2ccc(C(F)(F)F)cc2)CC1.[Li+]. The monoisotopic (exact) mass is 322 g/mol. The Morgan fingerprint density at radius 3 is 2.13 bits per heavy atom. The summed E-state index contributed by atoms with van der Waals surface area (Å²) in [4.78, 5) is 14.6. The molecule has 1 heterocycles. The Bertz CT molecular complexity index is 500. The van der Waals surface area contributed by atoms with E-state index in [4.69, 9.17) is 0 Å². The van der Waals surface area contributed by atoms with Crippen molar-refractivity contribution in [1.82, 2.24) is 4.90 Å². The van der Waals surface area contributed by atoms with Gasteiger partial charge in [0, 0.05) is 37.8 Å². The maximum atomic E-state index is 12.5. The van der Waals surface area contributed by atoms with Crippen molar-refractivity contribution in [3.63, 3.8) is 0 Å². The zero-order valence-corrected chi connectivity index (χ0v) is 13.1. The molecule has 1 aromatic rings. The smallest absolute Gasteiger partial charge is 0.550 e. The number of halogens is 3. The normalized spacial score (nSPS) is 16.0. The van der Waals surface area contributed by atoms with Crippen molar-refractivity contribution >= 4 is 11.7 Å². The molecule has 0 spiro atoms. The number of carboxylic acid groups (broad SMARTS) is 1. The van der Waals surface area contributed by atoms with Gasteiger partial charge in [-0.15, -0.1) is 0 Å². The standard InChI is InChI=1S/C15H19F3N2O2.Li/c16-15(17,18)12-3-5-13(6-4-12)20-10-8-19(9-11-20)7-1-2-14(21)22;/h3-6H,1-2,7-11H2,(H,21,22);/q;+1/p-1. The van der Waals surface area contributed by atoms with E-state index in [1.165, 1.54) is 12.1 Å². The Kier molecular flexibility index (Phi) is 7.45. The largest absolute Gasteiger partial charge is 1.00 e. The zero-order chi connectivity index (χ0) is 16.2. The molecule has 23 heavy (non-hydrogen) atoms. The van der Waals surface area contributed by atoms with E-state index >= 15 is 0 Å². The van der Waals surface area contributed by atoms with E-state index in [1.54, 1.807) is 0 Å². The molecule has 1 aliphatic heterocycles. The van der Waals surface area contributed by atoms with Crippen LogP contribution in [-0.4, -0.2) is 43.6 Å². The molecule has 1 saturated heterocycles. The van der Waals surface area contributed by atoms with Crippen molar-refractivity contribution < 1.29 is 41.9 Å². The fraction of sp³-hybridized carbons (Fsp3) is 0.533. The number of carbonyl (C=O) groups is 1. The van der Waals surface area contributed by atoms with E-state index in [2.05, 4.69) is 4.90 Å². The van der Waals surface area contributed by atoms with Gasteiger partial charge in [-0.1, -0.05) is 0 Å². The van der Waals surface area contributed by atoms with Crippen molar-refractivity contribution in [2.45, 2.75) is 19.0 Å². The number of hydrogen-bond donors (Lipinski definition) is 0. The van der Waals surface area contributed by atoms with Gasteiger partial charge in [0.25, 0.3) is 0 Å². The van der Waals surface area contributed by atoms with Crippen LogP contribution in [0.2, 0.25) is 0 Å². The molecule has 0 atom stereocenters. The summed E-state index contributed by atoms with van der Waals surface area (Å²) < 4.78 is 37.6. The number of aliphatic carboxylic acids is 1. The van der Waals surface area contributed by atoms with E-state index in [1.807, 2.05) is 4.90 Å². The van der Waals surface area contributed by atoms with Gasteiger partial charge in [-0.05, 0) is 43.7 Å². The van der Waals surface area contributed by atoms with Gasteiger partial charge in [0.05, 0.1) is 5.56 Å². The molecule has 0 aromatic heterocycles. The van der Waals surface area contributed by atoms with Gasteiger partial charge in [-0.25, -0.2) is 0 Å². The predicted octanol–water partition coefficient (Wildman–Crippen LogP) is -1.64. The molecule has 0 saturated carbocycles. The van der Waals surface area contributed by atoms with E-state index < -0.39 is 17.7 Å². The molecule has 1 aliphatic rings. The third kappa shape index (κ3) is 6.09. The van der Waals surface area contributed by atoms with Crippen LogP contribution in [-0.2, 0) is 11.0 Å². The average Bonchev–Trinajstić information content (AvgIpc) is 2.47. The van der Waals surface area contributed by atoms with Crippen LogP contribution in [0.4, 0.5) is 18.9 Å². The summed E-state index contributed by atoms with van der Waals surface area (Å²) in [5.74, 6) is -1.04. The van der Waals surface area contributed by atoms with Crippen LogP contribution in [0.1, 0.15) is 18.4 Å². The Hall–Kier alpha value is -1.16. The molecule has 8 heteroatoms. The molecule has 0 radical (unpaired) electrons. The molecule has 0 aliphatic carbocycles. The molecule has 0 amide bonds. The number of piperazine rings is 1. The Labute approximate surface area is 145 Å². The second kappa shape index (κ2) is 8.62. The van der Waals surface area contributed by atoms with Crippen LogP contribution in [0.15, 0.2) is 24.3 Å². The summed E-state index contributed by atoms with van der Waals surface area (Å²) in [6, 6.07) is 5.19. The minimum absolute atomic E-state index is 0. The molecule has 2 rings (SSSR count). The predicted molar refractivity (Wildman–Crippen MR) is 74.3 cm³/mol. The first-order valence-corrected chi connectivity index (χ1v) is 7.20. The van der Waals surface area contributed by atoms with E-state index in [0.29, 0.717) is 13.0 Å². The summed E-state index contributed by atoms with van der Waals surface area (Å²) in [5.41, 5.74) is 0.138. The van der Waals surface area contributed by atoms with Gasteiger partial charge in [0.2, 0.25) is 0 Å². The fourth-order valence-corrected chi connectivity index (χ4v) is 2.54. The summed E-state index contributed by atoms with van der Waals surface area (Å²) >= 11 is 0. The maximum absolute atomic E-state index is 12.5. The van der Waals surface area contributed by atoms with E-state index in [0.717, 1.165) is 44.0 Å². The fourth-order valence-electron chi connectivity index (χ4n) is 2.54. The Morgan fingerprint density at radius 1 is 1.09 bits per heavy atom. The Morgan fingerprint density at radius 2 is 1.65 bits per heavy atom. The average molecular weight is 322 g/mol. The van der Waals surface area contributed by atoms with Crippen molar-refractivity contribution in [3.8, 4) is 0 Å². The number of carbonyl (C=O) groups excluding carboxylic acids is 1. The third-order valence-electron chi connectivity index (χ3n) is 3.79. The van der Waals surface area contributed by atoms with E-state index in [-0.39, 0.29) is 25.3 Å². The Balaban J connectivity index is 0.00000264. The van der Waals surface area contributed by atoms with Crippen LogP contribution in [0, 0.1) is 0 Å². The molecule has 0 unspecified atom stereocenters. The minimum atomic E-state index is -4.31. The minimum Gasteiger partial charge on any atom is -0.550 e. The molecule has 1 fully saturated rings. The third-order valence-corrected chi connectivity index (χ3v) is 3.79. The van der Waals surface area contributed by atoms with Gasteiger partial charge in [0.1, 0.15) is 0 Å². The van der Waals surface area contributed by atoms with Crippen molar-refractivity contribution in [1.29, 1.82) is 0 Å². The number of rotatable bonds is 5. The molecule has 0 N–H and O–H groups in total. The van der Waals surface area contributed by atoms with Gasteiger partial charge in [-0.3, -0.25) is 4.90 Å². The van der Waals surface area contributed by atoms with Crippen molar-refractivity contribution in [2.75, 3.05) is 37.6 Å². The summed E-state index contributed by atoms with van der Waals surface area (Å²) in [6.07, 6.45) is -3.70.